The second-order valence-electron chi connectivity index (χ2n) is 9.08. The van der Waals surface area contributed by atoms with Gasteiger partial charge in [-0.3, -0.25) is 20.2 Å². The molecule has 0 amide bonds. The molecule has 37 heavy (non-hydrogen) atoms. The van der Waals surface area contributed by atoms with Crippen LogP contribution in [0.25, 0.3) is 0 Å². The maximum atomic E-state index is 14.0. The first-order valence-electron chi connectivity index (χ1n) is 11.1. The van der Waals surface area contributed by atoms with Crippen LogP contribution in [0, 0.1) is 31.9 Å². The molecule has 12 heteroatoms. The van der Waals surface area contributed by atoms with Gasteiger partial charge in [0.05, 0.1) is 16.0 Å². The zero-order valence-corrected chi connectivity index (χ0v) is 19.8. The molecule has 1 unspecified atom stereocenters. The van der Waals surface area contributed by atoms with Gasteiger partial charge in [0.2, 0.25) is 11.6 Å². The Balaban J connectivity index is 1.62. The fourth-order valence-electron chi connectivity index (χ4n) is 3.95. The first kappa shape index (κ1) is 25.8. The number of halogens is 2. The summed E-state index contributed by atoms with van der Waals surface area (Å²) in [7, 11) is 0. The van der Waals surface area contributed by atoms with E-state index in [1.165, 1.54) is 24.3 Å². The quantitative estimate of drug-likeness (QED) is 0.305. The third-order valence-electron chi connectivity index (χ3n) is 5.71. The fraction of sp³-hybridized carbons (Fsp3) is 0.280. The van der Waals surface area contributed by atoms with E-state index in [0.717, 1.165) is 24.3 Å². The van der Waals surface area contributed by atoms with Crippen LogP contribution in [-0.4, -0.2) is 20.6 Å². The van der Waals surface area contributed by atoms with Gasteiger partial charge in [-0.2, -0.15) is 8.78 Å². The lowest BCUT2D eigenvalue weighted by atomic mass is 9.91. The van der Waals surface area contributed by atoms with Crippen molar-refractivity contribution in [2.75, 3.05) is 0 Å². The summed E-state index contributed by atoms with van der Waals surface area (Å²) in [6.45, 7) is 3.26. The van der Waals surface area contributed by atoms with E-state index in [-0.39, 0.29) is 24.7 Å². The monoisotopic (exact) mass is 516 g/mol. The number of hydrogen-bond acceptors (Lipinski definition) is 8. The molecule has 0 radical (unpaired) electrons. The summed E-state index contributed by atoms with van der Waals surface area (Å²) in [6.07, 6.45) is -0.550. The molecule has 0 saturated heterocycles. The first-order chi connectivity index (χ1) is 17.4. The van der Waals surface area contributed by atoms with Gasteiger partial charge < -0.3 is 19.3 Å². The number of ether oxygens (including phenoxy) is 3. The van der Waals surface area contributed by atoms with E-state index in [1.54, 1.807) is 0 Å². The van der Waals surface area contributed by atoms with Crippen molar-refractivity contribution >= 4 is 11.4 Å². The van der Waals surface area contributed by atoms with Gasteiger partial charge in [0.15, 0.2) is 11.5 Å². The molecule has 0 aromatic heterocycles. The largest absolute Gasteiger partial charge is 0.487 e. The molecule has 1 heterocycles. The Morgan fingerprint density at radius 2 is 1.41 bits per heavy atom. The van der Waals surface area contributed by atoms with Crippen molar-refractivity contribution < 1.29 is 37.9 Å². The highest BCUT2D eigenvalue weighted by Crippen LogP contribution is 2.45. The Morgan fingerprint density at radius 1 is 0.919 bits per heavy atom. The van der Waals surface area contributed by atoms with Crippen LogP contribution >= 0.6 is 0 Å². The topological polar surface area (TPSA) is 134 Å². The molecule has 0 spiro atoms. The van der Waals surface area contributed by atoms with Crippen LogP contribution in [0.5, 0.6) is 17.2 Å². The molecular formula is C25H22F2N2O8. The highest BCUT2D eigenvalue weighted by molar-refractivity contribution is 5.53. The van der Waals surface area contributed by atoms with E-state index in [4.69, 9.17) is 14.2 Å². The maximum absolute atomic E-state index is 14.0. The number of benzene rings is 3. The molecular weight excluding hydrogens is 494 g/mol. The van der Waals surface area contributed by atoms with Gasteiger partial charge in [-0.05, 0) is 55.3 Å². The van der Waals surface area contributed by atoms with Crippen molar-refractivity contribution in [1.82, 2.24) is 0 Å². The van der Waals surface area contributed by atoms with Crippen LogP contribution in [0.4, 0.5) is 20.2 Å². The van der Waals surface area contributed by atoms with Gasteiger partial charge in [-0.25, -0.2) is 0 Å². The Morgan fingerprint density at radius 3 is 1.86 bits per heavy atom. The Bertz CT molecular complexity index is 1380. The first-order valence-corrected chi connectivity index (χ1v) is 11.1. The lowest BCUT2D eigenvalue weighted by Crippen LogP contribution is -2.34. The lowest BCUT2D eigenvalue weighted by molar-refractivity contribution is -0.387. The Hall–Kier alpha value is -4.32. The number of nitro benzene ring substituents is 2. The molecule has 0 bridgehead atoms. The molecule has 1 N–H and O–H groups in total. The predicted octanol–water partition coefficient (Wildman–Crippen LogP) is 5.53. The number of nitro groups is 2. The second-order valence-corrected chi connectivity index (χ2v) is 9.08. The third-order valence-corrected chi connectivity index (χ3v) is 5.71. The number of fused-ring (bicyclic) bond motifs is 1. The van der Waals surface area contributed by atoms with Crippen molar-refractivity contribution in [3.05, 3.63) is 97.1 Å². The number of rotatable bonds is 8. The molecule has 4 rings (SSSR count). The van der Waals surface area contributed by atoms with Gasteiger partial charge in [0, 0.05) is 30.2 Å². The zero-order valence-electron chi connectivity index (χ0n) is 19.8. The molecule has 0 fully saturated rings. The standard InChI is InChI=1S/C25H22F2N2O8/c1-25(2)11-21(30)16-9-23(35-12-14-3-5-19(28(31)32)17(26)7-14)24(10-22(16)37-25)36-13-15-4-6-20(29(33)34)18(27)8-15/h3-10,21,30H,11-13H2,1-2H3. The Kier molecular flexibility index (Phi) is 6.94. The molecule has 1 aliphatic rings. The molecule has 194 valence electrons. The zero-order chi connectivity index (χ0) is 26.9. The summed E-state index contributed by atoms with van der Waals surface area (Å²) >= 11 is 0. The van der Waals surface area contributed by atoms with Crippen molar-refractivity contribution in [3.8, 4) is 17.2 Å². The summed E-state index contributed by atoms with van der Waals surface area (Å²) in [5, 5.41) is 32.4. The summed E-state index contributed by atoms with van der Waals surface area (Å²) in [5.41, 5.74) is -0.934. The van der Waals surface area contributed by atoms with Crippen molar-refractivity contribution in [1.29, 1.82) is 0 Å². The molecule has 10 nitrogen and oxygen atoms in total. The van der Waals surface area contributed by atoms with Gasteiger partial charge in [-0.1, -0.05) is 0 Å². The van der Waals surface area contributed by atoms with Crippen LogP contribution in [0.15, 0.2) is 48.5 Å². The molecule has 0 aliphatic carbocycles. The van der Waals surface area contributed by atoms with E-state index in [0.29, 0.717) is 28.9 Å². The van der Waals surface area contributed by atoms with Gasteiger partial charge in [0.1, 0.15) is 24.6 Å². The lowest BCUT2D eigenvalue weighted by Gasteiger charge is -2.36. The van der Waals surface area contributed by atoms with Gasteiger partial charge >= 0.3 is 11.4 Å². The number of aliphatic hydroxyl groups is 1. The number of nitrogens with zero attached hydrogens (tertiary/aromatic N) is 2. The van der Waals surface area contributed by atoms with Crippen LogP contribution in [0.2, 0.25) is 0 Å². The third kappa shape index (κ3) is 5.75. The van der Waals surface area contributed by atoms with Crippen molar-refractivity contribution in [3.63, 3.8) is 0 Å². The fourth-order valence-corrected chi connectivity index (χ4v) is 3.95. The summed E-state index contributed by atoms with van der Waals surface area (Å²) < 4.78 is 45.7. The molecule has 1 atom stereocenters. The molecule has 1 aliphatic heterocycles. The summed E-state index contributed by atoms with van der Waals surface area (Å²) in [6, 6.07) is 9.75. The Labute approximate surface area is 209 Å². The van der Waals surface area contributed by atoms with Gasteiger partial charge in [0.25, 0.3) is 0 Å². The van der Waals surface area contributed by atoms with Crippen LogP contribution in [0.1, 0.15) is 43.1 Å². The average molecular weight is 516 g/mol. The van der Waals surface area contributed by atoms with Crippen molar-refractivity contribution in [2.24, 2.45) is 0 Å². The number of hydrogen-bond donors (Lipinski definition) is 1. The highest BCUT2D eigenvalue weighted by Gasteiger charge is 2.34. The smallest absolute Gasteiger partial charge is 0.304 e. The van der Waals surface area contributed by atoms with Crippen LogP contribution in [0.3, 0.4) is 0 Å². The van der Waals surface area contributed by atoms with Crippen molar-refractivity contribution in [2.45, 2.75) is 45.2 Å². The average Bonchev–Trinajstić information content (AvgIpc) is 2.80. The summed E-state index contributed by atoms with van der Waals surface area (Å²) in [5.74, 6) is -1.37. The van der Waals surface area contributed by atoms with Crippen LogP contribution < -0.4 is 14.2 Å². The molecule has 3 aromatic rings. The molecule has 0 saturated carbocycles. The van der Waals surface area contributed by atoms with E-state index in [2.05, 4.69) is 0 Å². The molecule has 3 aromatic carbocycles. The predicted molar refractivity (Wildman–Crippen MR) is 125 cm³/mol. The van der Waals surface area contributed by atoms with E-state index >= 15 is 0 Å². The second kappa shape index (κ2) is 9.97. The minimum absolute atomic E-state index is 0.155. The van der Waals surface area contributed by atoms with E-state index in [9.17, 15) is 34.1 Å². The summed E-state index contributed by atoms with van der Waals surface area (Å²) in [4.78, 5) is 20.1. The number of aliphatic hydroxyl groups excluding tert-OH is 1. The van der Waals surface area contributed by atoms with Gasteiger partial charge in [-0.15, -0.1) is 0 Å². The minimum Gasteiger partial charge on any atom is -0.487 e. The van der Waals surface area contributed by atoms with E-state index in [1.807, 2.05) is 13.8 Å². The highest BCUT2D eigenvalue weighted by atomic mass is 19.1. The van der Waals surface area contributed by atoms with E-state index < -0.39 is 44.6 Å². The normalized spacial score (nSPS) is 15.9. The van der Waals surface area contributed by atoms with Crippen LogP contribution in [-0.2, 0) is 13.2 Å². The minimum atomic E-state index is -1.01. The maximum Gasteiger partial charge on any atom is 0.304 e. The SMILES string of the molecule is CC1(C)CC(O)c2cc(OCc3ccc([N+](=O)[O-])c(F)c3)c(OCc3ccc([N+](=O)[O-])c(F)c3)cc2O1.